The van der Waals surface area contributed by atoms with Gasteiger partial charge < -0.3 is 9.84 Å². The highest BCUT2D eigenvalue weighted by Crippen LogP contribution is 2.24. The van der Waals surface area contributed by atoms with Gasteiger partial charge in [0.25, 0.3) is 0 Å². The maximum absolute atomic E-state index is 10.9. The predicted molar refractivity (Wildman–Crippen MR) is 59.7 cm³/mol. The van der Waals surface area contributed by atoms with Crippen molar-refractivity contribution in [2.24, 2.45) is 0 Å². The van der Waals surface area contributed by atoms with Crippen LogP contribution >= 0.6 is 11.8 Å². The average Bonchev–Trinajstić information content (AvgIpc) is 2.29. The standard InChI is InChI=1S/C10H12N2O3S/c1-6-4-7(10(13)14)12-9(11-6)8-5-16-3-2-15-8/h4,8H,2-3,5H2,1H3,(H,13,14). The van der Waals surface area contributed by atoms with E-state index < -0.39 is 5.97 Å². The first-order valence-electron chi connectivity index (χ1n) is 4.95. The Bertz CT molecular complexity index is 405. The second kappa shape index (κ2) is 4.80. The minimum atomic E-state index is -1.03. The molecule has 1 atom stereocenters. The van der Waals surface area contributed by atoms with Crippen LogP contribution in [0.5, 0.6) is 0 Å². The van der Waals surface area contributed by atoms with Crippen LogP contribution in [0.2, 0.25) is 0 Å². The average molecular weight is 240 g/mol. The summed E-state index contributed by atoms with van der Waals surface area (Å²) in [5.74, 6) is 1.19. The normalized spacial score (nSPS) is 20.7. The Morgan fingerprint density at radius 3 is 3.06 bits per heavy atom. The summed E-state index contributed by atoms with van der Waals surface area (Å²) in [7, 11) is 0. The molecular formula is C10H12N2O3S. The summed E-state index contributed by atoms with van der Waals surface area (Å²) >= 11 is 1.77. The van der Waals surface area contributed by atoms with Gasteiger partial charge in [-0.2, -0.15) is 11.8 Å². The Labute approximate surface area is 97.2 Å². The predicted octanol–water partition coefficient (Wildman–Crippen LogP) is 1.29. The number of aromatic carboxylic acids is 1. The van der Waals surface area contributed by atoms with E-state index in [0.29, 0.717) is 18.1 Å². The van der Waals surface area contributed by atoms with Crippen LogP contribution in [0.3, 0.4) is 0 Å². The molecule has 1 aromatic rings. The molecule has 0 saturated carbocycles. The van der Waals surface area contributed by atoms with Crippen molar-refractivity contribution in [3.8, 4) is 0 Å². The van der Waals surface area contributed by atoms with Gasteiger partial charge in [-0.15, -0.1) is 0 Å². The molecule has 1 aliphatic rings. The fourth-order valence-corrected chi connectivity index (χ4v) is 2.32. The fraction of sp³-hybridized carbons (Fsp3) is 0.500. The molecule has 1 N–H and O–H groups in total. The van der Waals surface area contributed by atoms with E-state index in [1.807, 2.05) is 0 Å². The van der Waals surface area contributed by atoms with Crippen LogP contribution in [-0.4, -0.2) is 39.2 Å². The molecular weight excluding hydrogens is 228 g/mol. The number of rotatable bonds is 2. The molecule has 0 aromatic carbocycles. The smallest absolute Gasteiger partial charge is 0.354 e. The molecule has 0 bridgehead atoms. The number of carbonyl (C=O) groups is 1. The van der Waals surface area contributed by atoms with Gasteiger partial charge >= 0.3 is 5.97 Å². The minimum absolute atomic E-state index is 0.0293. The number of nitrogens with zero attached hydrogens (tertiary/aromatic N) is 2. The molecule has 16 heavy (non-hydrogen) atoms. The number of aryl methyl sites for hydroxylation is 1. The first-order chi connectivity index (χ1) is 7.66. The van der Waals surface area contributed by atoms with E-state index in [4.69, 9.17) is 9.84 Å². The van der Waals surface area contributed by atoms with Crippen molar-refractivity contribution in [2.75, 3.05) is 18.1 Å². The van der Waals surface area contributed by atoms with Crippen molar-refractivity contribution in [3.63, 3.8) is 0 Å². The van der Waals surface area contributed by atoms with E-state index in [-0.39, 0.29) is 11.8 Å². The van der Waals surface area contributed by atoms with Crippen LogP contribution < -0.4 is 0 Å². The number of thioether (sulfide) groups is 1. The third-order valence-electron chi connectivity index (χ3n) is 2.19. The Balaban J connectivity index is 2.28. The van der Waals surface area contributed by atoms with Gasteiger partial charge in [-0.1, -0.05) is 0 Å². The number of carboxylic acids is 1. The zero-order chi connectivity index (χ0) is 11.5. The summed E-state index contributed by atoms with van der Waals surface area (Å²) in [5, 5.41) is 8.90. The quantitative estimate of drug-likeness (QED) is 0.839. The molecule has 1 aromatic heterocycles. The van der Waals surface area contributed by atoms with Crippen molar-refractivity contribution in [1.82, 2.24) is 9.97 Å². The number of aromatic nitrogens is 2. The van der Waals surface area contributed by atoms with E-state index >= 15 is 0 Å². The summed E-state index contributed by atoms with van der Waals surface area (Å²) in [6.07, 6.45) is -0.184. The summed E-state index contributed by atoms with van der Waals surface area (Å²) < 4.78 is 5.51. The zero-order valence-corrected chi connectivity index (χ0v) is 9.66. The van der Waals surface area contributed by atoms with Gasteiger partial charge in [-0.25, -0.2) is 14.8 Å². The highest BCUT2D eigenvalue weighted by Gasteiger charge is 2.21. The number of hydrogen-bond donors (Lipinski definition) is 1. The Kier molecular flexibility index (Phi) is 3.40. The van der Waals surface area contributed by atoms with Gasteiger partial charge in [0, 0.05) is 17.2 Å². The van der Waals surface area contributed by atoms with Crippen molar-refractivity contribution in [3.05, 3.63) is 23.3 Å². The minimum Gasteiger partial charge on any atom is -0.477 e. The molecule has 0 aliphatic carbocycles. The topological polar surface area (TPSA) is 72.3 Å². The summed E-state index contributed by atoms with van der Waals surface area (Å²) in [6, 6.07) is 1.46. The molecule has 2 heterocycles. The lowest BCUT2D eigenvalue weighted by Gasteiger charge is -2.21. The van der Waals surface area contributed by atoms with Crippen LogP contribution in [0, 0.1) is 6.92 Å². The first kappa shape index (κ1) is 11.3. The van der Waals surface area contributed by atoms with Crippen LogP contribution in [0.1, 0.15) is 28.1 Å². The van der Waals surface area contributed by atoms with Gasteiger partial charge in [-0.3, -0.25) is 0 Å². The van der Waals surface area contributed by atoms with Gasteiger partial charge in [0.1, 0.15) is 6.10 Å². The van der Waals surface area contributed by atoms with Crippen LogP contribution in [0.15, 0.2) is 6.07 Å². The maximum Gasteiger partial charge on any atom is 0.354 e. The summed E-state index contributed by atoms with van der Waals surface area (Å²) in [6.45, 7) is 2.42. The molecule has 2 rings (SSSR count). The van der Waals surface area contributed by atoms with Crippen LogP contribution in [0.4, 0.5) is 0 Å². The van der Waals surface area contributed by atoms with Gasteiger partial charge in [0.2, 0.25) is 0 Å². The van der Waals surface area contributed by atoms with E-state index in [1.54, 1.807) is 18.7 Å². The third kappa shape index (κ3) is 2.51. The molecule has 0 amide bonds. The molecule has 0 spiro atoms. The Morgan fingerprint density at radius 2 is 2.44 bits per heavy atom. The van der Waals surface area contributed by atoms with E-state index in [9.17, 15) is 4.79 Å². The third-order valence-corrected chi connectivity index (χ3v) is 3.19. The Hall–Kier alpha value is -1.14. The summed E-state index contributed by atoms with van der Waals surface area (Å²) in [5.41, 5.74) is 0.684. The molecule has 6 heteroatoms. The number of hydrogen-bond acceptors (Lipinski definition) is 5. The number of ether oxygens (including phenoxy) is 1. The second-order valence-corrected chi connectivity index (χ2v) is 4.64. The highest BCUT2D eigenvalue weighted by atomic mass is 32.2. The van der Waals surface area contributed by atoms with Gasteiger partial charge in [-0.05, 0) is 13.0 Å². The van der Waals surface area contributed by atoms with Crippen molar-refractivity contribution in [2.45, 2.75) is 13.0 Å². The lowest BCUT2D eigenvalue weighted by atomic mass is 10.3. The van der Waals surface area contributed by atoms with Gasteiger partial charge in [0.05, 0.1) is 6.61 Å². The first-order valence-corrected chi connectivity index (χ1v) is 6.10. The van der Waals surface area contributed by atoms with E-state index in [1.165, 1.54) is 6.07 Å². The highest BCUT2D eigenvalue weighted by molar-refractivity contribution is 7.99. The number of carboxylic acid groups (broad SMARTS) is 1. The molecule has 1 unspecified atom stereocenters. The molecule has 86 valence electrons. The van der Waals surface area contributed by atoms with Crippen LogP contribution in [0.25, 0.3) is 0 Å². The maximum atomic E-state index is 10.9. The fourth-order valence-electron chi connectivity index (χ4n) is 1.48. The summed E-state index contributed by atoms with van der Waals surface area (Å²) in [4.78, 5) is 19.1. The molecule has 1 saturated heterocycles. The van der Waals surface area contributed by atoms with Gasteiger partial charge in [0.15, 0.2) is 11.5 Å². The van der Waals surface area contributed by atoms with Crippen molar-refractivity contribution >= 4 is 17.7 Å². The van der Waals surface area contributed by atoms with E-state index in [2.05, 4.69) is 9.97 Å². The van der Waals surface area contributed by atoms with E-state index in [0.717, 1.165) is 11.5 Å². The Morgan fingerprint density at radius 1 is 1.62 bits per heavy atom. The SMILES string of the molecule is Cc1cc(C(=O)O)nc(C2CSCCO2)n1. The van der Waals surface area contributed by atoms with Crippen molar-refractivity contribution in [1.29, 1.82) is 0 Å². The van der Waals surface area contributed by atoms with Crippen molar-refractivity contribution < 1.29 is 14.6 Å². The molecule has 0 radical (unpaired) electrons. The largest absolute Gasteiger partial charge is 0.477 e. The lowest BCUT2D eigenvalue weighted by molar-refractivity contribution is 0.0656. The monoisotopic (exact) mass is 240 g/mol. The zero-order valence-electron chi connectivity index (χ0n) is 8.84. The molecule has 5 nitrogen and oxygen atoms in total. The molecule has 1 aliphatic heterocycles. The van der Waals surface area contributed by atoms with Crippen LogP contribution in [-0.2, 0) is 4.74 Å². The lowest BCUT2D eigenvalue weighted by Crippen LogP contribution is -2.19. The second-order valence-electron chi connectivity index (χ2n) is 3.49. The molecule has 1 fully saturated rings.